The molecule has 9 aromatic rings. The van der Waals surface area contributed by atoms with Crippen molar-refractivity contribution in [1.82, 2.24) is 86.8 Å². The molecule has 0 aromatic carbocycles. The quantitative estimate of drug-likeness (QED) is 0.0191. The van der Waals surface area contributed by atoms with Gasteiger partial charge in [0, 0.05) is 111 Å². The van der Waals surface area contributed by atoms with Crippen molar-refractivity contribution in [2.75, 3.05) is 64.0 Å². The van der Waals surface area contributed by atoms with Crippen molar-refractivity contribution in [3.63, 3.8) is 0 Å². The first-order valence-electron chi connectivity index (χ1n) is 43.4. The van der Waals surface area contributed by atoms with Gasteiger partial charge in [-0.3, -0.25) is 80.1 Å². The molecule has 58 nitrogen and oxygen atoms in total. The molecule has 0 radical (unpaired) electrons. The first kappa shape index (κ1) is 110. The van der Waals surface area contributed by atoms with E-state index in [9.17, 15) is 77.1 Å². The van der Waals surface area contributed by atoms with Crippen LogP contribution in [0.3, 0.4) is 0 Å². The van der Waals surface area contributed by atoms with Gasteiger partial charge in [-0.15, -0.1) is 0 Å². The van der Waals surface area contributed by atoms with Gasteiger partial charge in [-0.2, -0.15) is 4.98 Å². The van der Waals surface area contributed by atoms with Crippen molar-refractivity contribution < 1.29 is 130 Å². The molecule has 9 aromatic heterocycles. The van der Waals surface area contributed by atoms with Gasteiger partial charge in [0.2, 0.25) is 0 Å². The van der Waals surface area contributed by atoms with Gasteiger partial charge in [-0.25, -0.2) is 58.4 Å². The maximum Gasteiger partial charge on any atom is 0.386 e. The lowest BCUT2D eigenvalue weighted by molar-refractivity contribution is -0.0576. The Kier molecular flexibility index (Phi) is 34.0. The number of nitrogens with zero attached hydrogens (tertiary/aromatic N) is 14. The van der Waals surface area contributed by atoms with E-state index in [1.165, 1.54) is 76.0 Å². The van der Waals surface area contributed by atoms with Gasteiger partial charge in [0.1, 0.15) is 116 Å². The lowest BCUT2D eigenvalue weighted by atomic mass is 10.1. The molecular weight excluding hydrogens is 2190 g/mol. The summed E-state index contributed by atoms with van der Waals surface area (Å²) in [4.78, 5) is 226. The van der Waals surface area contributed by atoms with Crippen LogP contribution in [0.25, 0.3) is 22.3 Å². The molecule has 72 heteroatoms. The Balaban J connectivity index is 0.604. The van der Waals surface area contributed by atoms with Gasteiger partial charge in [-0.05, 0) is 112 Å². The number of aromatic amines is 4. The molecule has 0 spiro atoms. The van der Waals surface area contributed by atoms with Crippen LogP contribution in [0.4, 0.5) is 17.5 Å². The van der Waals surface area contributed by atoms with Gasteiger partial charge in [0.15, 0.2) is 22.9 Å². The Hall–Kier alpha value is -6.50. The second kappa shape index (κ2) is 44.4. The zero-order valence-corrected chi connectivity index (χ0v) is 88.1. The number of anilines is 3. The van der Waals surface area contributed by atoms with E-state index in [1.54, 1.807) is 11.5 Å². The van der Waals surface area contributed by atoms with E-state index in [4.69, 9.17) is 185 Å². The van der Waals surface area contributed by atoms with Crippen LogP contribution in [0.15, 0.2) is 99.4 Å². The summed E-state index contributed by atoms with van der Waals surface area (Å²) in [5.74, 6) is 0.0545. The summed E-state index contributed by atoms with van der Waals surface area (Å²) in [5.41, 5.74) is 12.3. The van der Waals surface area contributed by atoms with E-state index >= 15 is 0 Å². The number of nitrogens with two attached hydrogens (primary N) is 3. The molecule has 0 saturated carbocycles. The number of rotatable bonds is 41. The third-order valence-electron chi connectivity index (χ3n) is 23.9. The standard InChI is InChI=1S/C72H96N21O37P7S7/c1-8-36-37(9-55(117-36)92-29-80-57-60(74)76-27-78-62(57)92)125-132(104,139)111-22-45-39(11-50(119-45)87-16-31(2)59(73)82-68(87)98)126-136(108,143)116-26-49-43(15-56(123-49)93-30-81-58-61(75)77-28-79-63(58)93)130-137(109,144)115-25-48-42(14-54(122-48)91-20-35(6)67(97)86-72(91)102)129-135(107,142)114-24-47-41(13-53(121-47)90-19-34(5)66(96)85-71(90)101)128-134(106,141)113-23-46-40(12-52(120-46)89-18-33(4)65(95)84-70(89)100)127-133(105,140)112-21-44-38(124-131(103,138)110-7)10-51(118-44)88-17-32(3)64(94)83-69(88)99/h16-20,27-30,36-56H,8-15,21-26H2,1-7H3,(H,103,138)(H,104,139)(H,105,140)(H,106,141)(H,107,142)(H,108,143)(H,109,144)(H2,73,82,98)(H2,74,76,78)(H2,75,77,79)(H,83,94,99)(H,84,95,100)(H,85,96,101)(H,86,97,102)/t36-,37-,38-,39-,40-,41-,42-,43-,44-,45-,46-,47-,48-,49-,50-,51-,52-,53-,54-,55-,56-,131?,132?,133?,134?,135?,136?,137?/m1/s1. The smallest absolute Gasteiger partial charge is 0.383 e. The van der Waals surface area contributed by atoms with E-state index in [0.717, 1.165) is 42.5 Å². The zero-order valence-electron chi connectivity index (χ0n) is 76.1. The van der Waals surface area contributed by atoms with E-state index in [2.05, 4.69) is 67.1 Å². The highest BCUT2D eigenvalue weighted by Crippen LogP contribution is 2.61. The summed E-state index contributed by atoms with van der Waals surface area (Å²) >= 11 is 37.5. The normalized spacial score (nSPS) is 29.7. The van der Waals surface area contributed by atoms with Crippen LogP contribution >= 0.6 is 59.4 Å². The van der Waals surface area contributed by atoms with E-state index < -0.39 is 279 Å². The molecular formula is C72H96N21O37P7S7. The Morgan fingerprint density at radius 3 is 0.903 bits per heavy atom. The summed E-state index contributed by atoms with van der Waals surface area (Å²) in [6.45, 7) is -27.4. The van der Waals surface area contributed by atoms with Crippen LogP contribution in [0.2, 0.25) is 0 Å². The highest BCUT2D eigenvalue weighted by Gasteiger charge is 2.52. The molecule has 16 N–H and O–H groups in total. The van der Waals surface area contributed by atoms with Gasteiger partial charge >= 0.3 is 75.6 Å². The third kappa shape index (κ3) is 25.9. The van der Waals surface area contributed by atoms with Crippen molar-refractivity contribution in [2.45, 2.75) is 222 Å². The maximum absolute atomic E-state index is 14.9. The molecule has 16 heterocycles. The van der Waals surface area contributed by atoms with E-state index in [0.29, 0.717) is 23.1 Å². The van der Waals surface area contributed by atoms with Crippen molar-refractivity contribution >= 4 is 170 Å². The van der Waals surface area contributed by atoms with Crippen LogP contribution in [0.1, 0.15) is 130 Å². The Bertz CT molecular complexity index is 7320. The Morgan fingerprint density at radius 2 is 0.611 bits per heavy atom. The van der Waals surface area contributed by atoms with Gasteiger partial charge < -0.3 is 134 Å². The topological polar surface area (TPSA) is 752 Å². The first-order valence-corrected chi connectivity index (χ1v) is 61.6. The number of thiol groups is 1. The molecule has 16 rings (SSSR count). The number of imidazole rings is 2. The van der Waals surface area contributed by atoms with Gasteiger partial charge in [-0.1, -0.05) is 19.2 Å². The number of H-pyrrole nitrogens is 4. The minimum absolute atomic E-state index is 0.0137. The average Bonchev–Trinajstić information content (AvgIpc) is 1.60. The van der Waals surface area contributed by atoms with Crippen LogP contribution in [0.5, 0.6) is 0 Å². The fraction of sp³-hybridized carbons (Fsp3) is 0.583. The number of aromatic nitrogens is 18. The fourth-order valence-corrected chi connectivity index (χ4v) is 26.6. The number of hydrogen-bond donors (Lipinski definition) is 14. The number of ether oxygens (including phenoxy) is 7. The van der Waals surface area contributed by atoms with Crippen molar-refractivity contribution in [2.24, 2.45) is 0 Å². The minimum Gasteiger partial charge on any atom is -0.383 e. The highest BCUT2D eigenvalue weighted by atomic mass is 32.7. The first-order chi connectivity index (χ1) is 67.8. The van der Waals surface area contributed by atoms with Crippen molar-refractivity contribution in [3.8, 4) is 0 Å². The zero-order chi connectivity index (χ0) is 104. The predicted octanol–water partition coefficient (Wildman–Crippen LogP) is 1.62. The second-order valence-corrected chi connectivity index (χ2v) is 53.5. The SMILES string of the molecule is CC[C@H]1O[C@@H](n2cnc3c(N)ncnc32)C[C@H]1OP(O)(=S)OC[C@H]1O[C@@H](n2cc(C)c(N)nc2=O)C[C@H]1OP(=O)(S)OC[C@H]1O[C@@H](n2cnc3c(N)ncnc32)C[C@H]1OP(O)(=S)OC[C@H]1O[C@@H](n2cc(C)c(=O)[nH]c2=O)C[C@H]1OP(O)(=S)OC[C@H]1O[C@@H](n2cc(C)c(=O)[nH]c2=O)C[C@H]1OP(O)(=S)OC[C@H]1O[C@@H](n2cc(C)c(=O)[nH]c2=O)C[C@H]1OP(O)(=S)OC[C@H]1O[C@@H](n2cc(C)c(=O)[nH]c2=O)C[C@H]1OP(O)(=S)OC. The molecule has 28 atom stereocenters. The van der Waals surface area contributed by atoms with Crippen LogP contribution < -0.4 is 67.9 Å². The van der Waals surface area contributed by atoms with E-state index in [-0.39, 0.29) is 83.0 Å². The molecule has 0 bridgehead atoms. The van der Waals surface area contributed by atoms with Gasteiger partial charge in [0.05, 0.1) is 95.0 Å². The lowest BCUT2D eigenvalue weighted by Crippen LogP contribution is -2.33. The minimum atomic E-state index is -4.79. The molecule has 788 valence electrons. The third-order valence-corrected chi connectivity index (χ3v) is 35.2. The number of fused-ring (bicyclic) bond motifs is 2. The molecule has 7 saturated heterocycles. The summed E-state index contributed by atoms with van der Waals surface area (Å²) in [7, 11) is 1.09. The summed E-state index contributed by atoms with van der Waals surface area (Å²) in [6.07, 6.45) is -17.2. The van der Waals surface area contributed by atoms with Crippen LogP contribution in [0, 0.1) is 34.6 Å². The number of nitrogen functional groups attached to an aromatic ring is 3. The maximum atomic E-state index is 14.9. The fourth-order valence-electron chi connectivity index (χ4n) is 16.7. The van der Waals surface area contributed by atoms with Gasteiger partial charge in [0.25, 0.3) is 22.2 Å². The monoisotopic (exact) mass is 2290 g/mol. The molecule has 7 aliphatic rings. The lowest BCUT2D eigenvalue weighted by Gasteiger charge is -2.28. The molecule has 7 unspecified atom stereocenters. The number of hydrogen-bond acceptors (Lipinski definition) is 47. The average molecular weight is 2290 g/mol. The highest BCUT2D eigenvalue weighted by molar-refractivity contribution is 8.44. The molecule has 7 fully saturated rings. The molecule has 7 aliphatic heterocycles. The Morgan fingerprint density at radius 1 is 0.361 bits per heavy atom. The molecule has 0 aliphatic carbocycles. The number of nitrogens with one attached hydrogen (secondary N) is 4. The summed E-state index contributed by atoms with van der Waals surface area (Å²) < 4.78 is 151. The molecule has 144 heavy (non-hydrogen) atoms. The predicted molar refractivity (Wildman–Crippen MR) is 524 cm³/mol. The largest absolute Gasteiger partial charge is 0.386 e. The molecule has 0 amide bonds. The number of aryl methyl sites for hydroxylation is 5. The van der Waals surface area contributed by atoms with Crippen molar-refractivity contribution in [1.29, 1.82) is 0 Å². The van der Waals surface area contributed by atoms with Crippen molar-refractivity contribution in [3.05, 3.63) is 178 Å². The van der Waals surface area contributed by atoms with Crippen LogP contribution in [-0.2, 0) is 172 Å². The van der Waals surface area contributed by atoms with Crippen LogP contribution in [-0.4, -0.2) is 248 Å². The second-order valence-electron chi connectivity index (χ2n) is 33.8. The summed E-state index contributed by atoms with van der Waals surface area (Å²) in [6, 6.07) is 0. The Labute approximate surface area is 845 Å². The van der Waals surface area contributed by atoms with E-state index in [1.807, 2.05) is 6.92 Å². The summed E-state index contributed by atoms with van der Waals surface area (Å²) in [5, 5.41) is 0.